The van der Waals surface area contributed by atoms with E-state index in [0.717, 1.165) is 27.7 Å². The van der Waals surface area contributed by atoms with Crippen LogP contribution < -0.4 is 9.47 Å². The molecule has 2 aromatic carbocycles. The van der Waals surface area contributed by atoms with Gasteiger partial charge in [0.05, 0.1) is 12.0 Å². The Hall–Kier alpha value is -4.01. The van der Waals surface area contributed by atoms with Crippen LogP contribution in [0, 0.1) is 5.92 Å². The van der Waals surface area contributed by atoms with E-state index in [0.29, 0.717) is 24.3 Å². The first-order chi connectivity index (χ1) is 17.0. The Morgan fingerprint density at radius 3 is 2.71 bits per heavy atom. The van der Waals surface area contributed by atoms with Crippen molar-refractivity contribution in [3.63, 3.8) is 0 Å². The first-order valence-electron chi connectivity index (χ1n) is 11.9. The van der Waals surface area contributed by atoms with E-state index < -0.39 is 30.0 Å². The van der Waals surface area contributed by atoms with Crippen LogP contribution in [-0.2, 0) is 20.8 Å². The third-order valence-corrected chi connectivity index (χ3v) is 7.90. The van der Waals surface area contributed by atoms with Crippen molar-refractivity contribution in [3.05, 3.63) is 59.3 Å². The molecule has 9 nitrogen and oxygen atoms in total. The van der Waals surface area contributed by atoms with Gasteiger partial charge in [0.1, 0.15) is 12.1 Å². The molecule has 4 atom stereocenters. The van der Waals surface area contributed by atoms with Crippen LogP contribution in [-0.4, -0.2) is 63.1 Å². The Balaban J connectivity index is 1.40. The summed E-state index contributed by atoms with van der Waals surface area (Å²) in [6.07, 6.45) is 0.911. The fraction of sp³-hybridized carbons (Fsp3) is 0.346. The van der Waals surface area contributed by atoms with Gasteiger partial charge in [-0.3, -0.25) is 14.4 Å². The number of carbonyl (C=O) groups excluding carboxylic acids is 2. The van der Waals surface area contributed by atoms with Crippen LogP contribution in [0.3, 0.4) is 0 Å². The molecule has 4 aliphatic rings. The summed E-state index contributed by atoms with van der Waals surface area (Å²) in [5, 5.41) is 10.6. The van der Waals surface area contributed by atoms with Crippen molar-refractivity contribution in [2.75, 3.05) is 13.3 Å². The van der Waals surface area contributed by atoms with Crippen LogP contribution in [0.5, 0.6) is 11.5 Å². The second-order valence-corrected chi connectivity index (χ2v) is 9.65. The molecule has 1 aromatic heterocycles. The predicted octanol–water partition coefficient (Wildman–Crippen LogP) is 2.44. The Bertz CT molecular complexity index is 1410. The molecular weight excluding hydrogens is 450 g/mol. The number of aromatic amines is 1. The maximum absolute atomic E-state index is 14.0. The average molecular weight is 473 g/mol. The fourth-order valence-electron chi connectivity index (χ4n) is 6.23. The highest BCUT2D eigenvalue weighted by molar-refractivity contribution is 6.00. The molecule has 0 bridgehead atoms. The number of rotatable bonds is 2. The van der Waals surface area contributed by atoms with Gasteiger partial charge in [0.25, 0.3) is 0 Å². The summed E-state index contributed by atoms with van der Waals surface area (Å²) < 4.78 is 11.1. The summed E-state index contributed by atoms with van der Waals surface area (Å²) in [5.41, 5.74) is 3.67. The van der Waals surface area contributed by atoms with E-state index in [4.69, 9.17) is 9.47 Å². The average Bonchev–Trinajstić information content (AvgIpc) is 3.49. The molecule has 5 heterocycles. The number of ether oxygens (including phenoxy) is 2. The molecule has 0 radical (unpaired) electrons. The van der Waals surface area contributed by atoms with Crippen LogP contribution in [0.25, 0.3) is 10.9 Å². The molecule has 2 unspecified atom stereocenters. The lowest BCUT2D eigenvalue weighted by Gasteiger charge is -2.52. The zero-order valence-corrected chi connectivity index (χ0v) is 18.8. The number of hydrogen-bond acceptors (Lipinski definition) is 5. The van der Waals surface area contributed by atoms with Crippen molar-refractivity contribution in [3.8, 4) is 11.5 Å². The number of benzene rings is 2. The van der Waals surface area contributed by atoms with Crippen molar-refractivity contribution in [1.82, 2.24) is 14.8 Å². The number of carboxylic acid groups (broad SMARTS) is 1. The maximum Gasteiger partial charge on any atom is 0.306 e. The van der Waals surface area contributed by atoms with Crippen molar-refractivity contribution < 1.29 is 29.0 Å². The number of para-hydroxylation sites is 1. The molecule has 2 amide bonds. The molecule has 0 aliphatic carbocycles. The molecule has 2 fully saturated rings. The van der Waals surface area contributed by atoms with Gasteiger partial charge in [-0.15, -0.1) is 0 Å². The summed E-state index contributed by atoms with van der Waals surface area (Å²) >= 11 is 0. The van der Waals surface area contributed by atoms with E-state index in [2.05, 4.69) is 4.98 Å². The number of fused-ring (bicyclic) bond motifs is 6. The maximum atomic E-state index is 14.0. The van der Waals surface area contributed by atoms with Crippen molar-refractivity contribution in [2.45, 2.75) is 37.4 Å². The Morgan fingerprint density at radius 2 is 1.86 bits per heavy atom. The third-order valence-electron chi connectivity index (χ3n) is 7.90. The molecule has 3 aromatic rings. The van der Waals surface area contributed by atoms with Crippen LogP contribution in [0.2, 0.25) is 0 Å². The second kappa shape index (κ2) is 7.24. The second-order valence-electron chi connectivity index (χ2n) is 9.65. The lowest BCUT2D eigenvalue weighted by atomic mass is 9.81. The summed E-state index contributed by atoms with van der Waals surface area (Å²) in [6, 6.07) is 11.6. The van der Waals surface area contributed by atoms with E-state index in [1.165, 1.54) is 0 Å². The molecular formula is C26H23N3O6. The number of carboxylic acids is 1. The number of piperidine rings is 1. The van der Waals surface area contributed by atoms with Gasteiger partial charge in [0.2, 0.25) is 18.6 Å². The Kier molecular flexibility index (Phi) is 4.22. The molecule has 178 valence electrons. The van der Waals surface area contributed by atoms with Crippen LogP contribution in [0.15, 0.2) is 42.5 Å². The Morgan fingerprint density at radius 1 is 1.03 bits per heavy atom. The molecule has 35 heavy (non-hydrogen) atoms. The number of nitrogens with zero attached hydrogens (tertiary/aromatic N) is 2. The van der Waals surface area contributed by atoms with Gasteiger partial charge >= 0.3 is 5.97 Å². The highest BCUT2D eigenvalue weighted by atomic mass is 16.7. The zero-order chi connectivity index (χ0) is 23.8. The lowest BCUT2D eigenvalue weighted by molar-refractivity contribution is -0.169. The van der Waals surface area contributed by atoms with Crippen molar-refractivity contribution in [1.29, 1.82) is 0 Å². The number of carbonyl (C=O) groups is 3. The molecule has 0 saturated carbocycles. The van der Waals surface area contributed by atoms with Gasteiger partial charge in [-0.25, -0.2) is 0 Å². The van der Waals surface area contributed by atoms with Gasteiger partial charge in [0.15, 0.2) is 11.5 Å². The molecule has 2 saturated heterocycles. The van der Waals surface area contributed by atoms with Gasteiger partial charge in [-0.2, -0.15) is 0 Å². The number of amides is 2. The molecule has 7 rings (SSSR count). The van der Waals surface area contributed by atoms with Gasteiger partial charge in [-0.1, -0.05) is 24.3 Å². The SMILES string of the molecule is O=C(O)C1CCN2C(=O)[C@H]3Cc4c([nH]c5ccccc45)[C@@H](c4ccc5c(c4)OCO5)N3C(=O)C2C1. The zero-order valence-electron chi connectivity index (χ0n) is 18.8. The number of H-pyrrole nitrogens is 1. The lowest BCUT2D eigenvalue weighted by Crippen LogP contribution is -2.68. The minimum atomic E-state index is -0.920. The summed E-state index contributed by atoms with van der Waals surface area (Å²) in [4.78, 5) is 46.3. The summed E-state index contributed by atoms with van der Waals surface area (Å²) in [7, 11) is 0. The monoisotopic (exact) mass is 473 g/mol. The highest BCUT2D eigenvalue weighted by Gasteiger charge is 2.54. The number of aliphatic carboxylic acids is 1. The molecule has 2 N–H and O–H groups in total. The minimum absolute atomic E-state index is 0.111. The molecule has 9 heteroatoms. The summed E-state index contributed by atoms with van der Waals surface area (Å²) in [5.74, 6) is -0.629. The molecule has 0 spiro atoms. The van der Waals surface area contributed by atoms with E-state index in [1.807, 2.05) is 42.5 Å². The number of nitrogens with one attached hydrogen (secondary N) is 1. The quantitative estimate of drug-likeness (QED) is 0.591. The number of hydrogen-bond donors (Lipinski definition) is 2. The van der Waals surface area contributed by atoms with Crippen LogP contribution >= 0.6 is 0 Å². The predicted molar refractivity (Wildman–Crippen MR) is 123 cm³/mol. The molecule has 4 aliphatic heterocycles. The van der Waals surface area contributed by atoms with Gasteiger partial charge in [-0.05, 0) is 42.2 Å². The first kappa shape index (κ1) is 20.4. The highest BCUT2D eigenvalue weighted by Crippen LogP contribution is 2.46. The van der Waals surface area contributed by atoms with Crippen molar-refractivity contribution >= 4 is 28.7 Å². The third kappa shape index (κ3) is 2.84. The minimum Gasteiger partial charge on any atom is -0.481 e. The van der Waals surface area contributed by atoms with Gasteiger partial charge < -0.3 is 29.4 Å². The Labute approximate surface area is 200 Å². The van der Waals surface area contributed by atoms with Crippen molar-refractivity contribution in [2.24, 2.45) is 5.92 Å². The van der Waals surface area contributed by atoms with Gasteiger partial charge in [0, 0.05) is 29.6 Å². The van der Waals surface area contributed by atoms with Crippen LogP contribution in [0.4, 0.5) is 0 Å². The number of aromatic nitrogens is 1. The van der Waals surface area contributed by atoms with E-state index in [1.54, 1.807) is 9.80 Å². The normalized spacial score (nSPS) is 27.0. The van der Waals surface area contributed by atoms with Crippen LogP contribution in [0.1, 0.15) is 35.7 Å². The van der Waals surface area contributed by atoms with E-state index >= 15 is 0 Å². The van der Waals surface area contributed by atoms with E-state index in [9.17, 15) is 19.5 Å². The fourth-order valence-corrected chi connectivity index (χ4v) is 6.23. The smallest absolute Gasteiger partial charge is 0.306 e. The largest absolute Gasteiger partial charge is 0.481 e. The first-order valence-corrected chi connectivity index (χ1v) is 11.9. The standard InChI is InChI=1S/C26H23N3O6/c30-24-19-11-16-15-3-1-2-4-17(15)27-22(16)23(13-5-6-20-21(10-13)35-12-34-20)29(19)25(31)18-9-14(26(32)33)7-8-28(18)24/h1-6,10,14,18-19,23,27H,7-9,11-12H2,(H,32,33)/t14?,18?,19-,23-/m1/s1. The topological polar surface area (TPSA) is 112 Å². The number of piperazine rings is 1. The van der Waals surface area contributed by atoms with E-state index in [-0.39, 0.29) is 31.6 Å². The summed E-state index contributed by atoms with van der Waals surface area (Å²) in [6.45, 7) is 0.421.